The molecule has 0 bridgehead atoms. The Bertz CT molecular complexity index is 422. The van der Waals surface area contributed by atoms with Crippen LogP contribution in [-0.2, 0) is 4.74 Å². The van der Waals surface area contributed by atoms with Gasteiger partial charge < -0.3 is 15.8 Å². The Balaban J connectivity index is 2.29. The highest BCUT2D eigenvalue weighted by atomic mass is 79.9. The molecule has 0 aliphatic heterocycles. The van der Waals surface area contributed by atoms with Crippen molar-refractivity contribution in [3.63, 3.8) is 0 Å². The average Bonchev–Trinajstić information content (AvgIpc) is 2.36. The van der Waals surface area contributed by atoms with Crippen molar-refractivity contribution in [1.29, 1.82) is 0 Å². The molecule has 0 aromatic heterocycles. The van der Waals surface area contributed by atoms with Crippen LogP contribution < -0.4 is 11.1 Å². The molecule has 106 valence electrons. The molecule has 0 aliphatic carbocycles. The van der Waals surface area contributed by atoms with Crippen molar-refractivity contribution in [2.75, 3.05) is 25.5 Å². The first-order valence-electron chi connectivity index (χ1n) is 6.41. The van der Waals surface area contributed by atoms with Crippen molar-refractivity contribution in [1.82, 2.24) is 5.32 Å². The zero-order valence-electron chi connectivity index (χ0n) is 11.4. The fraction of sp³-hybridized carbons (Fsp3) is 0.500. The predicted octanol–water partition coefficient (Wildman–Crippen LogP) is 2.82. The summed E-state index contributed by atoms with van der Waals surface area (Å²) in [5.74, 6) is 0.490. The Morgan fingerprint density at radius 3 is 2.84 bits per heavy atom. The lowest BCUT2D eigenvalue weighted by molar-refractivity contribution is 0.0905. The van der Waals surface area contributed by atoms with Gasteiger partial charge in [0.25, 0.3) is 5.91 Å². The van der Waals surface area contributed by atoms with Crippen LogP contribution >= 0.6 is 15.9 Å². The number of hydrogen-bond acceptors (Lipinski definition) is 3. The van der Waals surface area contributed by atoms with Crippen molar-refractivity contribution >= 4 is 27.5 Å². The number of carbonyl (C=O) groups is 1. The molecule has 19 heavy (non-hydrogen) atoms. The summed E-state index contributed by atoms with van der Waals surface area (Å²) in [6.45, 7) is 6.07. The fourth-order valence-electron chi connectivity index (χ4n) is 1.47. The molecule has 0 fully saturated rings. The highest BCUT2D eigenvalue weighted by molar-refractivity contribution is 9.10. The lowest BCUT2D eigenvalue weighted by Crippen LogP contribution is -2.27. The van der Waals surface area contributed by atoms with Crippen LogP contribution in [0.3, 0.4) is 0 Å². The van der Waals surface area contributed by atoms with Crippen LogP contribution in [0.2, 0.25) is 0 Å². The zero-order chi connectivity index (χ0) is 14.3. The molecule has 3 N–H and O–H groups in total. The summed E-state index contributed by atoms with van der Waals surface area (Å²) < 4.78 is 6.17. The summed E-state index contributed by atoms with van der Waals surface area (Å²) >= 11 is 3.33. The Morgan fingerprint density at radius 1 is 1.42 bits per heavy atom. The number of carbonyl (C=O) groups excluding carboxylic acids is 1. The lowest BCUT2D eigenvalue weighted by atomic mass is 10.1. The largest absolute Gasteiger partial charge is 0.399 e. The Kier molecular flexibility index (Phi) is 6.87. The molecule has 0 radical (unpaired) electrons. The lowest BCUT2D eigenvalue weighted by Gasteiger charge is -2.09. The van der Waals surface area contributed by atoms with Gasteiger partial charge in [-0.1, -0.05) is 13.8 Å². The third kappa shape index (κ3) is 6.07. The van der Waals surface area contributed by atoms with E-state index in [-0.39, 0.29) is 5.91 Å². The number of halogens is 1. The van der Waals surface area contributed by atoms with Gasteiger partial charge in [0.2, 0.25) is 0 Å². The maximum absolute atomic E-state index is 11.9. The van der Waals surface area contributed by atoms with E-state index in [1.165, 1.54) is 0 Å². The van der Waals surface area contributed by atoms with E-state index >= 15 is 0 Å². The number of nitrogens with two attached hydrogens (primary N) is 1. The van der Waals surface area contributed by atoms with E-state index in [0.29, 0.717) is 30.3 Å². The van der Waals surface area contributed by atoms with Crippen LogP contribution in [0.15, 0.2) is 22.7 Å². The van der Waals surface area contributed by atoms with Crippen molar-refractivity contribution in [3.05, 3.63) is 28.2 Å². The van der Waals surface area contributed by atoms with E-state index in [9.17, 15) is 4.79 Å². The molecule has 0 spiro atoms. The summed E-state index contributed by atoms with van der Waals surface area (Å²) in [7, 11) is 0. The summed E-state index contributed by atoms with van der Waals surface area (Å²) in [4.78, 5) is 11.9. The van der Waals surface area contributed by atoms with Gasteiger partial charge in [0.15, 0.2) is 0 Å². The summed E-state index contributed by atoms with van der Waals surface area (Å²) in [5.41, 5.74) is 6.78. The number of nitrogens with one attached hydrogen (secondary N) is 1. The van der Waals surface area contributed by atoms with Crippen molar-refractivity contribution in [2.24, 2.45) is 5.92 Å². The highest BCUT2D eigenvalue weighted by Gasteiger charge is 2.09. The number of hydrogen-bond donors (Lipinski definition) is 2. The van der Waals surface area contributed by atoms with Crippen LogP contribution in [-0.4, -0.2) is 25.7 Å². The van der Waals surface area contributed by atoms with Gasteiger partial charge in [0.1, 0.15) is 0 Å². The third-order valence-corrected chi connectivity index (χ3v) is 3.30. The van der Waals surface area contributed by atoms with Crippen LogP contribution in [0.5, 0.6) is 0 Å². The Morgan fingerprint density at radius 2 is 2.16 bits per heavy atom. The second kappa shape index (κ2) is 8.17. The van der Waals surface area contributed by atoms with Crippen LogP contribution in [0.4, 0.5) is 5.69 Å². The number of ether oxygens (including phenoxy) is 1. The molecule has 0 aliphatic rings. The minimum atomic E-state index is -0.147. The van der Waals surface area contributed by atoms with E-state index in [2.05, 4.69) is 35.1 Å². The molecule has 1 aromatic rings. The van der Waals surface area contributed by atoms with Gasteiger partial charge in [0, 0.05) is 23.3 Å². The van der Waals surface area contributed by atoms with Gasteiger partial charge >= 0.3 is 0 Å². The topological polar surface area (TPSA) is 64.3 Å². The van der Waals surface area contributed by atoms with Gasteiger partial charge in [0.05, 0.1) is 12.2 Å². The van der Waals surface area contributed by atoms with E-state index in [1.54, 1.807) is 18.2 Å². The minimum Gasteiger partial charge on any atom is -0.399 e. The maximum atomic E-state index is 11.9. The van der Waals surface area contributed by atoms with Gasteiger partial charge in [-0.05, 0) is 46.5 Å². The van der Waals surface area contributed by atoms with Gasteiger partial charge in [-0.15, -0.1) is 0 Å². The minimum absolute atomic E-state index is 0.147. The molecule has 1 rings (SSSR count). The van der Waals surface area contributed by atoms with Gasteiger partial charge in [-0.2, -0.15) is 0 Å². The first kappa shape index (κ1) is 16.0. The molecule has 1 amide bonds. The highest BCUT2D eigenvalue weighted by Crippen LogP contribution is 2.19. The van der Waals surface area contributed by atoms with Crippen LogP contribution in [0, 0.1) is 5.92 Å². The van der Waals surface area contributed by atoms with E-state index in [1.807, 2.05) is 0 Å². The van der Waals surface area contributed by atoms with Crippen LogP contribution in [0.1, 0.15) is 30.6 Å². The molecule has 0 saturated carbocycles. The monoisotopic (exact) mass is 328 g/mol. The molecule has 0 atom stereocenters. The molecule has 0 heterocycles. The SMILES string of the molecule is CC(C)CCOCCNC(=O)c1cc(N)ccc1Br. The first-order valence-corrected chi connectivity index (χ1v) is 7.21. The second-order valence-electron chi connectivity index (χ2n) is 4.79. The molecular weight excluding hydrogens is 308 g/mol. The number of amides is 1. The third-order valence-electron chi connectivity index (χ3n) is 2.61. The fourth-order valence-corrected chi connectivity index (χ4v) is 1.90. The molecule has 0 saturated heterocycles. The predicted molar refractivity (Wildman–Crippen MR) is 81.2 cm³/mol. The smallest absolute Gasteiger partial charge is 0.252 e. The number of nitrogen functional groups attached to an aromatic ring is 1. The van der Waals surface area contributed by atoms with Gasteiger partial charge in [-0.25, -0.2) is 0 Å². The van der Waals surface area contributed by atoms with E-state index in [4.69, 9.17) is 10.5 Å². The van der Waals surface area contributed by atoms with Crippen molar-refractivity contribution in [2.45, 2.75) is 20.3 Å². The van der Waals surface area contributed by atoms with E-state index < -0.39 is 0 Å². The molecular formula is C14H21BrN2O2. The summed E-state index contributed by atoms with van der Waals surface area (Å²) in [5, 5.41) is 2.81. The van der Waals surface area contributed by atoms with Crippen molar-refractivity contribution < 1.29 is 9.53 Å². The second-order valence-corrected chi connectivity index (χ2v) is 5.64. The average molecular weight is 329 g/mol. The number of benzene rings is 1. The van der Waals surface area contributed by atoms with Crippen molar-refractivity contribution in [3.8, 4) is 0 Å². The van der Waals surface area contributed by atoms with E-state index in [0.717, 1.165) is 17.5 Å². The molecule has 4 nitrogen and oxygen atoms in total. The molecule has 0 unspecified atom stereocenters. The molecule has 1 aromatic carbocycles. The Labute approximate surface area is 122 Å². The quantitative estimate of drug-likeness (QED) is 0.597. The van der Waals surface area contributed by atoms with Crippen LogP contribution in [0.25, 0.3) is 0 Å². The summed E-state index contributed by atoms with van der Waals surface area (Å²) in [6.07, 6.45) is 1.04. The maximum Gasteiger partial charge on any atom is 0.252 e. The normalized spacial score (nSPS) is 10.7. The molecule has 5 heteroatoms. The standard InChI is InChI=1S/C14H21BrN2O2/c1-10(2)5-7-19-8-6-17-14(18)12-9-11(16)3-4-13(12)15/h3-4,9-10H,5-8,16H2,1-2H3,(H,17,18). The summed E-state index contributed by atoms with van der Waals surface area (Å²) in [6, 6.07) is 5.16. The Hall–Kier alpha value is -1.07. The number of rotatable bonds is 7. The first-order chi connectivity index (χ1) is 9.00. The van der Waals surface area contributed by atoms with Gasteiger partial charge in [-0.3, -0.25) is 4.79 Å². The zero-order valence-corrected chi connectivity index (χ0v) is 13.0. The number of anilines is 1.